The third-order valence-electron chi connectivity index (χ3n) is 3.23. The van der Waals surface area contributed by atoms with E-state index in [-0.39, 0.29) is 0 Å². The Hall–Kier alpha value is -2.56. The summed E-state index contributed by atoms with van der Waals surface area (Å²) in [7, 11) is 0. The van der Waals surface area contributed by atoms with Crippen molar-refractivity contribution in [3.05, 3.63) is 47.8 Å². The van der Waals surface area contributed by atoms with Gasteiger partial charge in [0.2, 0.25) is 5.95 Å². The van der Waals surface area contributed by atoms with E-state index in [1.54, 1.807) is 6.07 Å². The lowest BCUT2D eigenvalue weighted by atomic mass is 10.1. The highest BCUT2D eigenvalue weighted by atomic mass is 15.1. The van der Waals surface area contributed by atoms with Crippen molar-refractivity contribution < 1.29 is 0 Å². The molecule has 4 N–H and O–H groups in total. The Labute approximate surface area is 117 Å². The Morgan fingerprint density at radius 2 is 2.10 bits per heavy atom. The number of aryl methyl sites for hydroxylation is 1. The van der Waals surface area contributed by atoms with Crippen molar-refractivity contribution in [1.29, 1.82) is 0 Å². The van der Waals surface area contributed by atoms with Gasteiger partial charge in [0.05, 0.1) is 0 Å². The number of anilines is 2. The minimum absolute atomic E-state index is 0.493. The van der Waals surface area contributed by atoms with Crippen molar-refractivity contribution in [3.8, 4) is 0 Å². The standard InChI is InChI=1S/C15H17N5/c1-10-8-14(16)20-15(19-10)17-7-6-11-9-18-13-5-3-2-4-12(11)13/h2-5,8-9,18H,6-7H2,1H3,(H3,16,17,19,20). The lowest BCUT2D eigenvalue weighted by Gasteiger charge is -2.06. The van der Waals surface area contributed by atoms with Crippen LogP contribution in [-0.4, -0.2) is 21.5 Å². The van der Waals surface area contributed by atoms with Gasteiger partial charge in [-0.05, 0) is 25.0 Å². The van der Waals surface area contributed by atoms with Crippen LogP contribution in [0.5, 0.6) is 0 Å². The molecule has 0 bridgehead atoms. The summed E-state index contributed by atoms with van der Waals surface area (Å²) in [6.45, 7) is 2.67. The van der Waals surface area contributed by atoms with Crippen LogP contribution in [0.4, 0.5) is 11.8 Å². The number of nitrogen functional groups attached to an aromatic ring is 1. The van der Waals surface area contributed by atoms with E-state index in [4.69, 9.17) is 5.73 Å². The zero-order valence-electron chi connectivity index (χ0n) is 11.4. The lowest BCUT2D eigenvalue weighted by Crippen LogP contribution is -2.09. The molecule has 0 aliphatic rings. The van der Waals surface area contributed by atoms with Crippen LogP contribution in [0, 0.1) is 6.92 Å². The van der Waals surface area contributed by atoms with Crippen LogP contribution in [0.2, 0.25) is 0 Å². The van der Waals surface area contributed by atoms with Crippen LogP contribution < -0.4 is 11.1 Å². The van der Waals surface area contributed by atoms with Gasteiger partial charge in [-0.1, -0.05) is 18.2 Å². The maximum Gasteiger partial charge on any atom is 0.224 e. The minimum Gasteiger partial charge on any atom is -0.384 e. The number of rotatable bonds is 4. The minimum atomic E-state index is 0.493. The maximum absolute atomic E-state index is 5.70. The molecule has 0 saturated heterocycles. The second kappa shape index (κ2) is 5.21. The number of benzene rings is 1. The highest BCUT2D eigenvalue weighted by Crippen LogP contribution is 2.18. The second-order valence-corrected chi connectivity index (χ2v) is 4.79. The predicted molar refractivity (Wildman–Crippen MR) is 81.7 cm³/mol. The first-order valence-electron chi connectivity index (χ1n) is 6.62. The predicted octanol–water partition coefficient (Wildman–Crippen LogP) is 2.50. The number of nitrogens with two attached hydrogens (primary N) is 1. The van der Waals surface area contributed by atoms with Crippen molar-refractivity contribution in [2.75, 3.05) is 17.6 Å². The fourth-order valence-corrected chi connectivity index (χ4v) is 2.32. The Morgan fingerprint density at radius 1 is 1.25 bits per heavy atom. The average molecular weight is 267 g/mol. The summed E-state index contributed by atoms with van der Waals surface area (Å²) < 4.78 is 0. The van der Waals surface area contributed by atoms with Crippen LogP contribution in [0.1, 0.15) is 11.3 Å². The van der Waals surface area contributed by atoms with E-state index in [1.807, 2.05) is 13.0 Å². The van der Waals surface area contributed by atoms with Gasteiger partial charge in [0.15, 0.2) is 0 Å². The summed E-state index contributed by atoms with van der Waals surface area (Å²) in [4.78, 5) is 11.7. The molecule has 0 aliphatic heterocycles. The maximum atomic E-state index is 5.70. The smallest absolute Gasteiger partial charge is 0.224 e. The SMILES string of the molecule is Cc1cc(N)nc(NCCc2c[nH]c3ccccc23)n1. The largest absolute Gasteiger partial charge is 0.384 e. The van der Waals surface area contributed by atoms with Crippen LogP contribution >= 0.6 is 0 Å². The zero-order chi connectivity index (χ0) is 13.9. The molecule has 0 fully saturated rings. The fraction of sp³-hybridized carbons (Fsp3) is 0.200. The van der Waals surface area contributed by atoms with Crippen molar-refractivity contribution in [3.63, 3.8) is 0 Å². The molecule has 20 heavy (non-hydrogen) atoms. The number of H-pyrrole nitrogens is 1. The Kier molecular flexibility index (Phi) is 3.25. The molecule has 1 aromatic carbocycles. The molecular weight excluding hydrogens is 250 g/mol. The lowest BCUT2D eigenvalue weighted by molar-refractivity contribution is 0.982. The van der Waals surface area contributed by atoms with Crippen LogP contribution in [-0.2, 0) is 6.42 Å². The van der Waals surface area contributed by atoms with Crippen LogP contribution in [0.25, 0.3) is 10.9 Å². The van der Waals surface area contributed by atoms with E-state index in [0.717, 1.165) is 18.7 Å². The quantitative estimate of drug-likeness (QED) is 0.678. The normalized spacial score (nSPS) is 10.8. The number of nitrogens with zero attached hydrogens (tertiary/aromatic N) is 2. The molecule has 0 saturated carbocycles. The zero-order valence-corrected chi connectivity index (χ0v) is 11.4. The van der Waals surface area contributed by atoms with Gasteiger partial charge >= 0.3 is 0 Å². The summed E-state index contributed by atoms with van der Waals surface area (Å²) in [5.74, 6) is 1.08. The molecule has 2 heterocycles. The Balaban J connectivity index is 1.68. The number of aromatic amines is 1. The van der Waals surface area contributed by atoms with Crippen molar-refractivity contribution >= 4 is 22.7 Å². The number of hydrogen-bond acceptors (Lipinski definition) is 4. The van der Waals surface area contributed by atoms with E-state index in [9.17, 15) is 0 Å². The molecule has 3 rings (SSSR count). The number of nitrogens with one attached hydrogen (secondary N) is 2. The van der Waals surface area contributed by atoms with E-state index in [0.29, 0.717) is 11.8 Å². The fourth-order valence-electron chi connectivity index (χ4n) is 2.32. The van der Waals surface area contributed by atoms with E-state index in [1.165, 1.54) is 16.5 Å². The van der Waals surface area contributed by atoms with E-state index in [2.05, 4.69) is 44.7 Å². The van der Waals surface area contributed by atoms with Crippen molar-refractivity contribution in [2.24, 2.45) is 0 Å². The molecule has 2 aromatic heterocycles. The molecule has 0 amide bonds. The number of fused-ring (bicyclic) bond motifs is 1. The van der Waals surface area contributed by atoms with E-state index < -0.39 is 0 Å². The van der Waals surface area contributed by atoms with Crippen LogP contribution in [0.15, 0.2) is 36.5 Å². The summed E-state index contributed by atoms with van der Waals surface area (Å²) in [6, 6.07) is 10.0. The molecule has 0 aliphatic carbocycles. The number of hydrogen-bond donors (Lipinski definition) is 3. The highest BCUT2D eigenvalue weighted by Gasteiger charge is 2.03. The summed E-state index contributed by atoms with van der Waals surface area (Å²) >= 11 is 0. The van der Waals surface area contributed by atoms with Crippen molar-refractivity contribution in [2.45, 2.75) is 13.3 Å². The Morgan fingerprint density at radius 3 is 2.95 bits per heavy atom. The van der Waals surface area contributed by atoms with Gasteiger partial charge in [-0.25, -0.2) is 4.98 Å². The molecule has 5 heteroatoms. The summed E-state index contributed by atoms with van der Waals surface area (Å²) in [6.07, 6.45) is 2.96. The molecular formula is C15H17N5. The number of para-hydroxylation sites is 1. The van der Waals surface area contributed by atoms with Gasteiger partial charge in [0.25, 0.3) is 0 Å². The van der Waals surface area contributed by atoms with Gasteiger partial charge < -0.3 is 16.0 Å². The topological polar surface area (TPSA) is 79.6 Å². The number of aromatic nitrogens is 3. The molecule has 0 atom stereocenters. The molecule has 3 aromatic rings. The molecule has 0 spiro atoms. The third kappa shape index (κ3) is 2.56. The molecule has 102 valence electrons. The first-order chi connectivity index (χ1) is 9.72. The molecule has 0 radical (unpaired) electrons. The Bertz CT molecular complexity index is 712. The first-order valence-corrected chi connectivity index (χ1v) is 6.62. The van der Waals surface area contributed by atoms with Crippen molar-refractivity contribution in [1.82, 2.24) is 15.0 Å². The van der Waals surface area contributed by atoms with Crippen LogP contribution in [0.3, 0.4) is 0 Å². The average Bonchev–Trinajstić information content (AvgIpc) is 2.81. The highest BCUT2D eigenvalue weighted by molar-refractivity contribution is 5.83. The van der Waals surface area contributed by atoms with Gasteiger partial charge in [-0.15, -0.1) is 0 Å². The summed E-state index contributed by atoms with van der Waals surface area (Å²) in [5.41, 5.74) is 9.02. The summed E-state index contributed by atoms with van der Waals surface area (Å²) in [5, 5.41) is 4.48. The molecule has 5 nitrogen and oxygen atoms in total. The van der Waals surface area contributed by atoms with E-state index >= 15 is 0 Å². The monoisotopic (exact) mass is 267 g/mol. The second-order valence-electron chi connectivity index (χ2n) is 4.79. The molecule has 0 unspecified atom stereocenters. The third-order valence-corrected chi connectivity index (χ3v) is 3.23. The van der Waals surface area contributed by atoms with Gasteiger partial charge in [-0.2, -0.15) is 4.98 Å². The van der Waals surface area contributed by atoms with Gasteiger partial charge in [-0.3, -0.25) is 0 Å². The van der Waals surface area contributed by atoms with Gasteiger partial charge in [0.1, 0.15) is 5.82 Å². The first kappa shape index (κ1) is 12.5. The van der Waals surface area contributed by atoms with Gasteiger partial charge in [0, 0.05) is 35.4 Å².